The molecule has 0 spiro atoms. The monoisotopic (exact) mass is 474 g/mol. The minimum atomic E-state index is -0.738. The number of benzene rings is 2. The van der Waals surface area contributed by atoms with E-state index in [4.69, 9.17) is 9.84 Å². The van der Waals surface area contributed by atoms with Gasteiger partial charge in [-0.2, -0.15) is 0 Å². The van der Waals surface area contributed by atoms with Crippen LogP contribution < -0.4 is 15.4 Å². The van der Waals surface area contributed by atoms with Crippen LogP contribution in [0.25, 0.3) is 11.1 Å². The lowest BCUT2D eigenvalue weighted by Gasteiger charge is -2.27. The van der Waals surface area contributed by atoms with Gasteiger partial charge < -0.3 is 20.5 Å². The minimum absolute atomic E-state index is 0.0195. The summed E-state index contributed by atoms with van der Waals surface area (Å²) in [5.74, 6) is -0.511. The second kappa shape index (κ2) is 11.0. The van der Waals surface area contributed by atoms with Crippen molar-refractivity contribution < 1.29 is 19.4 Å². The molecule has 0 bridgehead atoms. The topological polar surface area (TPSA) is 113 Å². The van der Waals surface area contributed by atoms with Crippen LogP contribution in [0.2, 0.25) is 0 Å². The summed E-state index contributed by atoms with van der Waals surface area (Å²) >= 11 is 0. The van der Waals surface area contributed by atoms with Gasteiger partial charge in [0, 0.05) is 35.8 Å². The Balaban J connectivity index is 1.29. The Morgan fingerprint density at radius 1 is 0.943 bits per heavy atom. The van der Waals surface area contributed by atoms with Gasteiger partial charge in [0.2, 0.25) is 0 Å². The van der Waals surface area contributed by atoms with Gasteiger partial charge in [-0.3, -0.25) is 4.79 Å². The van der Waals surface area contributed by atoms with Gasteiger partial charge in [0.25, 0.3) is 0 Å². The second-order valence-electron chi connectivity index (χ2n) is 9.09. The van der Waals surface area contributed by atoms with Crippen LogP contribution in [0.15, 0.2) is 54.9 Å². The van der Waals surface area contributed by atoms with Crippen molar-refractivity contribution in [2.75, 3.05) is 10.6 Å². The molecule has 8 nitrogen and oxygen atoms in total. The highest BCUT2D eigenvalue weighted by atomic mass is 16.5. The molecule has 1 aliphatic rings. The molecule has 1 heterocycles. The average molecular weight is 475 g/mol. The quantitative estimate of drug-likeness (QED) is 0.398. The van der Waals surface area contributed by atoms with E-state index in [1.54, 1.807) is 12.4 Å². The van der Waals surface area contributed by atoms with Gasteiger partial charge in [-0.1, -0.05) is 29.8 Å². The molecule has 3 N–H and O–H groups in total. The van der Waals surface area contributed by atoms with E-state index in [1.807, 2.05) is 56.3 Å². The van der Waals surface area contributed by atoms with Crippen LogP contribution in [0, 0.1) is 19.8 Å². The number of aliphatic carboxylic acids is 1. The van der Waals surface area contributed by atoms with Crippen LogP contribution in [0.5, 0.6) is 6.01 Å². The molecule has 1 fully saturated rings. The Hall–Kier alpha value is -3.94. The molecule has 4 rings (SSSR count). The number of carboxylic acids is 1. The number of aromatic nitrogens is 2. The van der Waals surface area contributed by atoms with Crippen LogP contribution in [0.1, 0.15) is 43.2 Å². The van der Waals surface area contributed by atoms with E-state index in [2.05, 4.69) is 20.6 Å². The number of nitrogens with zero attached hydrogens (tertiary/aromatic N) is 2. The maximum atomic E-state index is 12.4. The van der Waals surface area contributed by atoms with Crippen molar-refractivity contribution in [2.24, 2.45) is 5.92 Å². The van der Waals surface area contributed by atoms with Gasteiger partial charge in [0.05, 0.1) is 0 Å². The lowest BCUT2D eigenvalue weighted by atomic mass is 9.85. The second-order valence-corrected chi connectivity index (χ2v) is 9.09. The molecule has 1 aromatic heterocycles. The molecule has 0 aliphatic heterocycles. The predicted molar refractivity (Wildman–Crippen MR) is 135 cm³/mol. The van der Waals surface area contributed by atoms with Crippen molar-refractivity contribution in [2.45, 2.75) is 52.1 Å². The summed E-state index contributed by atoms with van der Waals surface area (Å²) in [5, 5.41) is 14.7. The molecule has 0 unspecified atom stereocenters. The number of aryl methyl sites for hydroxylation is 2. The van der Waals surface area contributed by atoms with E-state index >= 15 is 0 Å². The first-order chi connectivity index (χ1) is 16.9. The Morgan fingerprint density at radius 3 is 2.26 bits per heavy atom. The third-order valence-corrected chi connectivity index (χ3v) is 6.26. The largest absolute Gasteiger partial charge is 0.481 e. The average Bonchev–Trinajstić information content (AvgIpc) is 2.83. The summed E-state index contributed by atoms with van der Waals surface area (Å²) in [4.78, 5) is 31.9. The smallest absolute Gasteiger partial charge is 0.323 e. The van der Waals surface area contributed by atoms with Crippen LogP contribution in [0.3, 0.4) is 0 Å². The van der Waals surface area contributed by atoms with E-state index in [0.717, 1.165) is 53.6 Å². The number of nitrogens with one attached hydrogen (secondary N) is 2. The van der Waals surface area contributed by atoms with Crippen molar-refractivity contribution in [1.82, 2.24) is 9.97 Å². The number of rotatable bonds is 7. The fraction of sp³-hybridized carbons (Fsp3) is 0.333. The Bertz CT molecular complexity index is 1170. The summed E-state index contributed by atoms with van der Waals surface area (Å²) < 4.78 is 5.90. The van der Waals surface area contributed by atoms with Crippen LogP contribution >= 0.6 is 0 Å². The molecular formula is C27H30N4O4. The van der Waals surface area contributed by atoms with Crippen molar-refractivity contribution in [3.05, 3.63) is 66.0 Å². The Labute approximate surface area is 204 Å². The van der Waals surface area contributed by atoms with Crippen LogP contribution in [-0.2, 0) is 4.79 Å². The molecule has 2 aromatic carbocycles. The first-order valence-electron chi connectivity index (χ1n) is 11.8. The summed E-state index contributed by atoms with van der Waals surface area (Å²) in [5.41, 5.74) is 5.37. The van der Waals surface area contributed by atoms with Gasteiger partial charge in [-0.05, 0) is 74.8 Å². The van der Waals surface area contributed by atoms with E-state index in [1.165, 1.54) is 0 Å². The van der Waals surface area contributed by atoms with Gasteiger partial charge in [-0.15, -0.1) is 0 Å². The fourth-order valence-electron chi connectivity index (χ4n) is 4.36. The molecule has 3 aromatic rings. The summed E-state index contributed by atoms with van der Waals surface area (Å²) in [7, 11) is 0. The zero-order valence-corrected chi connectivity index (χ0v) is 20.0. The summed E-state index contributed by atoms with van der Waals surface area (Å²) in [6.07, 6.45) is 7.00. The van der Waals surface area contributed by atoms with Gasteiger partial charge in [0.1, 0.15) is 6.10 Å². The first kappa shape index (κ1) is 24.2. The lowest BCUT2D eigenvalue weighted by molar-refractivity contribution is -0.138. The predicted octanol–water partition coefficient (Wildman–Crippen LogP) is 5.82. The number of carbonyl (C=O) groups is 2. The van der Waals surface area contributed by atoms with Gasteiger partial charge in [0.15, 0.2) is 0 Å². The number of amides is 2. The van der Waals surface area contributed by atoms with Crippen molar-refractivity contribution in [3.8, 4) is 17.1 Å². The number of hydrogen-bond donors (Lipinski definition) is 3. The molecule has 182 valence electrons. The van der Waals surface area contributed by atoms with E-state index < -0.39 is 5.97 Å². The molecule has 0 saturated heterocycles. The van der Waals surface area contributed by atoms with E-state index in [-0.39, 0.29) is 24.5 Å². The number of urea groups is 1. The standard InChI is InChI=1S/C27H30N4O4/c1-17-3-12-24(18(2)13-17)31-26(34)30-22-8-6-20(7-9-22)21-15-28-27(29-16-21)35-23-10-4-19(5-11-23)14-25(32)33/h3,6-9,12-13,15-16,19,23H,4-5,10-11,14H2,1-2H3,(H,32,33)(H2,30,31,34). The maximum absolute atomic E-state index is 12.4. The van der Waals surface area contributed by atoms with Gasteiger partial charge in [-0.25, -0.2) is 14.8 Å². The molecular weight excluding hydrogens is 444 g/mol. The molecule has 8 heteroatoms. The summed E-state index contributed by atoms with van der Waals surface area (Å²) in [6, 6.07) is 13.4. The molecule has 1 saturated carbocycles. The first-order valence-corrected chi connectivity index (χ1v) is 11.8. The van der Waals surface area contributed by atoms with Crippen LogP contribution in [0.4, 0.5) is 16.2 Å². The highest BCUT2D eigenvalue weighted by Gasteiger charge is 2.24. The number of carbonyl (C=O) groups excluding carboxylic acids is 1. The van der Waals surface area contributed by atoms with Crippen molar-refractivity contribution >= 4 is 23.4 Å². The Kier molecular flexibility index (Phi) is 7.60. The van der Waals surface area contributed by atoms with E-state index in [9.17, 15) is 9.59 Å². The number of ether oxygens (including phenoxy) is 1. The third-order valence-electron chi connectivity index (χ3n) is 6.26. The minimum Gasteiger partial charge on any atom is -0.481 e. The zero-order chi connectivity index (χ0) is 24.8. The molecule has 35 heavy (non-hydrogen) atoms. The maximum Gasteiger partial charge on any atom is 0.323 e. The SMILES string of the molecule is Cc1ccc(NC(=O)Nc2ccc(-c3cnc(OC4CCC(CC(=O)O)CC4)nc3)cc2)c(C)c1. The van der Waals surface area contributed by atoms with E-state index in [0.29, 0.717) is 11.7 Å². The fourth-order valence-corrected chi connectivity index (χ4v) is 4.36. The number of carboxylic acid groups (broad SMARTS) is 1. The van der Waals surface area contributed by atoms with Crippen LogP contribution in [-0.4, -0.2) is 33.2 Å². The molecule has 1 aliphatic carbocycles. The Morgan fingerprint density at radius 2 is 1.63 bits per heavy atom. The molecule has 0 radical (unpaired) electrons. The third kappa shape index (κ3) is 6.79. The highest BCUT2D eigenvalue weighted by Crippen LogP contribution is 2.29. The molecule has 0 atom stereocenters. The number of anilines is 2. The van der Waals surface area contributed by atoms with Gasteiger partial charge >= 0.3 is 18.0 Å². The summed E-state index contributed by atoms with van der Waals surface area (Å²) in [6.45, 7) is 3.98. The number of hydrogen-bond acceptors (Lipinski definition) is 5. The van der Waals surface area contributed by atoms with Crippen molar-refractivity contribution in [3.63, 3.8) is 0 Å². The zero-order valence-electron chi connectivity index (χ0n) is 20.0. The lowest BCUT2D eigenvalue weighted by Crippen LogP contribution is -2.25. The van der Waals surface area contributed by atoms with Crippen molar-refractivity contribution in [1.29, 1.82) is 0 Å². The normalized spacial score (nSPS) is 17.4. The highest BCUT2D eigenvalue weighted by molar-refractivity contribution is 6.00. The molecule has 2 amide bonds.